The molecule has 2 bridgehead atoms. The van der Waals surface area contributed by atoms with E-state index in [1.165, 1.54) is 0 Å². The Labute approximate surface area is 67.8 Å². The molecule has 0 radical (unpaired) electrons. The number of rotatable bonds is 0. The molecule has 1 aliphatic carbocycles. The lowest BCUT2D eigenvalue weighted by atomic mass is 9.89. The minimum absolute atomic E-state index is 0.137. The van der Waals surface area contributed by atoms with E-state index in [1.54, 1.807) is 0 Å². The van der Waals surface area contributed by atoms with Crippen molar-refractivity contribution in [1.82, 2.24) is 5.32 Å². The summed E-state index contributed by atoms with van der Waals surface area (Å²) in [5, 5.41) is 12.3. The highest BCUT2D eigenvalue weighted by atomic mass is 19.4. The van der Waals surface area contributed by atoms with Crippen molar-refractivity contribution < 1.29 is 18.3 Å². The Kier molecular flexibility index (Phi) is 1.48. The molecule has 1 saturated carbocycles. The van der Waals surface area contributed by atoms with Gasteiger partial charge >= 0.3 is 6.18 Å². The molecule has 2 N–H and O–H groups in total. The number of piperidine rings is 1. The first kappa shape index (κ1) is 8.31. The monoisotopic (exact) mass is 181 g/mol. The first-order valence-electron chi connectivity index (χ1n) is 3.96. The summed E-state index contributed by atoms with van der Waals surface area (Å²) in [5.41, 5.74) is -2.41. The Morgan fingerprint density at radius 3 is 2.33 bits per heavy atom. The zero-order valence-electron chi connectivity index (χ0n) is 6.36. The third kappa shape index (κ3) is 0.894. The molecule has 2 aliphatic rings. The molecule has 3 atom stereocenters. The van der Waals surface area contributed by atoms with E-state index in [0.29, 0.717) is 13.0 Å². The van der Waals surface area contributed by atoms with Gasteiger partial charge in [0.25, 0.3) is 0 Å². The summed E-state index contributed by atoms with van der Waals surface area (Å²) < 4.78 is 37.0. The molecule has 1 aliphatic heterocycles. The van der Waals surface area contributed by atoms with Gasteiger partial charge in [-0.2, -0.15) is 13.2 Å². The van der Waals surface area contributed by atoms with E-state index in [1.807, 2.05) is 0 Å². The van der Waals surface area contributed by atoms with Crippen molar-refractivity contribution in [3.8, 4) is 0 Å². The van der Waals surface area contributed by atoms with Gasteiger partial charge in [-0.25, -0.2) is 0 Å². The third-order valence-corrected chi connectivity index (χ3v) is 2.95. The summed E-state index contributed by atoms with van der Waals surface area (Å²) >= 11 is 0. The van der Waals surface area contributed by atoms with E-state index in [2.05, 4.69) is 5.32 Å². The lowest BCUT2D eigenvalue weighted by Gasteiger charge is -2.34. The summed E-state index contributed by atoms with van der Waals surface area (Å²) in [6.07, 6.45) is -4.19. The molecule has 0 unspecified atom stereocenters. The SMILES string of the molecule is O[C@]1(C(F)(F)F)C[C@H]2C[C@H]1CN2. The van der Waals surface area contributed by atoms with Crippen molar-refractivity contribution in [2.45, 2.75) is 30.7 Å². The lowest BCUT2D eigenvalue weighted by molar-refractivity contribution is -0.274. The largest absolute Gasteiger partial charge is 0.417 e. The van der Waals surface area contributed by atoms with Crippen LogP contribution in [0.4, 0.5) is 13.2 Å². The smallest absolute Gasteiger partial charge is 0.380 e. The van der Waals surface area contributed by atoms with Crippen LogP contribution in [0.5, 0.6) is 0 Å². The predicted octanol–water partition coefficient (Wildman–Crippen LogP) is 0.662. The third-order valence-electron chi connectivity index (χ3n) is 2.95. The molecule has 1 heterocycles. The number of fused-ring (bicyclic) bond motifs is 2. The number of nitrogens with one attached hydrogen (secondary N) is 1. The molecule has 2 rings (SSSR count). The van der Waals surface area contributed by atoms with Gasteiger partial charge in [0.15, 0.2) is 5.60 Å². The summed E-state index contributed by atoms with van der Waals surface area (Å²) in [4.78, 5) is 0. The molecular weight excluding hydrogens is 171 g/mol. The van der Waals surface area contributed by atoms with E-state index in [-0.39, 0.29) is 12.5 Å². The molecule has 0 aromatic heterocycles. The van der Waals surface area contributed by atoms with Crippen LogP contribution < -0.4 is 5.32 Å². The molecule has 1 saturated heterocycles. The highest BCUT2D eigenvalue weighted by molar-refractivity contribution is 5.08. The number of alkyl halides is 3. The van der Waals surface area contributed by atoms with E-state index < -0.39 is 17.7 Å². The van der Waals surface area contributed by atoms with Crippen LogP contribution in [0.15, 0.2) is 0 Å². The van der Waals surface area contributed by atoms with Crippen molar-refractivity contribution >= 4 is 0 Å². The van der Waals surface area contributed by atoms with E-state index in [9.17, 15) is 18.3 Å². The Morgan fingerprint density at radius 2 is 2.08 bits per heavy atom. The second-order valence-electron chi connectivity index (χ2n) is 3.66. The van der Waals surface area contributed by atoms with Gasteiger partial charge < -0.3 is 10.4 Å². The standard InChI is InChI=1S/C7H10F3NO/c8-7(9,10)6(12)2-5-1-4(6)3-11-5/h4-5,11-12H,1-3H2/t4-,5+,6+/m0/s1. The van der Waals surface area contributed by atoms with Crippen LogP contribution in [0.25, 0.3) is 0 Å². The second kappa shape index (κ2) is 2.14. The van der Waals surface area contributed by atoms with Crippen molar-refractivity contribution in [2.24, 2.45) is 5.92 Å². The zero-order chi connectivity index (χ0) is 8.98. The van der Waals surface area contributed by atoms with Gasteiger partial charge in [0.1, 0.15) is 0 Å². The van der Waals surface area contributed by atoms with Gasteiger partial charge in [-0.3, -0.25) is 0 Å². The van der Waals surface area contributed by atoms with E-state index >= 15 is 0 Å². The summed E-state index contributed by atoms with van der Waals surface area (Å²) in [6.45, 7) is 0.292. The fraction of sp³-hybridized carbons (Fsp3) is 1.00. The van der Waals surface area contributed by atoms with Crippen molar-refractivity contribution in [1.29, 1.82) is 0 Å². The Hall–Kier alpha value is -0.290. The summed E-state index contributed by atoms with van der Waals surface area (Å²) in [7, 11) is 0. The van der Waals surface area contributed by atoms with Crippen LogP contribution in [0.3, 0.4) is 0 Å². The fourth-order valence-corrected chi connectivity index (χ4v) is 2.23. The van der Waals surface area contributed by atoms with Crippen LogP contribution in [-0.2, 0) is 0 Å². The van der Waals surface area contributed by atoms with Crippen LogP contribution in [0.1, 0.15) is 12.8 Å². The highest BCUT2D eigenvalue weighted by Gasteiger charge is 2.64. The molecule has 0 aromatic rings. The van der Waals surface area contributed by atoms with Gasteiger partial charge in [-0.05, 0) is 6.42 Å². The maximum absolute atomic E-state index is 12.3. The number of hydrogen-bond donors (Lipinski definition) is 2. The van der Waals surface area contributed by atoms with Gasteiger partial charge in [-0.1, -0.05) is 0 Å². The van der Waals surface area contributed by atoms with Crippen molar-refractivity contribution in [3.63, 3.8) is 0 Å². The molecule has 2 fully saturated rings. The topological polar surface area (TPSA) is 32.3 Å². The first-order valence-corrected chi connectivity index (χ1v) is 3.96. The van der Waals surface area contributed by atoms with Crippen LogP contribution in [0, 0.1) is 5.92 Å². The predicted molar refractivity (Wildman–Crippen MR) is 35.5 cm³/mol. The minimum Gasteiger partial charge on any atom is -0.380 e. The Morgan fingerprint density at radius 1 is 1.42 bits per heavy atom. The first-order chi connectivity index (χ1) is 5.43. The summed E-state index contributed by atoms with van der Waals surface area (Å²) in [5.74, 6) is -0.637. The average Bonchev–Trinajstić information content (AvgIpc) is 2.43. The van der Waals surface area contributed by atoms with E-state index in [4.69, 9.17) is 0 Å². The van der Waals surface area contributed by atoms with Crippen LogP contribution in [0.2, 0.25) is 0 Å². The minimum atomic E-state index is -4.46. The maximum atomic E-state index is 12.3. The molecule has 0 aromatic carbocycles. The van der Waals surface area contributed by atoms with Crippen molar-refractivity contribution in [3.05, 3.63) is 0 Å². The average molecular weight is 181 g/mol. The number of aliphatic hydroxyl groups is 1. The zero-order valence-corrected chi connectivity index (χ0v) is 6.36. The Balaban J connectivity index is 2.23. The fourth-order valence-electron chi connectivity index (χ4n) is 2.23. The van der Waals surface area contributed by atoms with Gasteiger partial charge in [0.05, 0.1) is 0 Å². The van der Waals surface area contributed by atoms with Gasteiger partial charge in [0, 0.05) is 24.9 Å². The van der Waals surface area contributed by atoms with Crippen LogP contribution >= 0.6 is 0 Å². The molecule has 5 heteroatoms. The maximum Gasteiger partial charge on any atom is 0.417 e. The number of hydrogen-bond acceptors (Lipinski definition) is 2. The second-order valence-corrected chi connectivity index (χ2v) is 3.66. The van der Waals surface area contributed by atoms with Gasteiger partial charge in [-0.15, -0.1) is 0 Å². The highest BCUT2D eigenvalue weighted by Crippen LogP contribution is 2.49. The summed E-state index contributed by atoms with van der Waals surface area (Å²) in [6, 6.07) is -0.137. The Bertz CT molecular complexity index is 205. The van der Waals surface area contributed by atoms with Crippen LogP contribution in [-0.4, -0.2) is 29.5 Å². The van der Waals surface area contributed by atoms with Crippen molar-refractivity contribution in [2.75, 3.05) is 6.54 Å². The lowest BCUT2D eigenvalue weighted by Crippen LogP contribution is -2.53. The van der Waals surface area contributed by atoms with Gasteiger partial charge in [0.2, 0.25) is 0 Å². The molecule has 0 spiro atoms. The normalized spacial score (nSPS) is 47.0. The molecule has 70 valence electrons. The molecule has 2 nitrogen and oxygen atoms in total. The molecule has 12 heavy (non-hydrogen) atoms. The number of halogens is 3. The van der Waals surface area contributed by atoms with E-state index in [0.717, 1.165) is 0 Å². The quantitative estimate of drug-likeness (QED) is 0.575. The molecule has 0 amide bonds. The molecular formula is C7H10F3NO.